The Balaban J connectivity index is 0.00000361. The summed E-state index contributed by atoms with van der Waals surface area (Å²) in [6, 6.07) is 1.19. The first-order chi connectivity index (χ1) is 8.99. The first-order valence-electron chi connectivity index (χ1n) is 5.23. The fraction of sp³-hybridized carbons (Fsp3) is 0.273. The maximum atomic E-state index is 11.5. The van der Waals surface area contributed by atoms with E-state index in [0.29, 0.717) is 0 Å². The van der Waals surface area contributed by atoms with Crippen LogP contribution in [0.15, 0.2) is 18.0 Å². The number of ether oxygens (including phenoxy) is 2. The van der Waals surface area contributed by atoms with E-state index in [9.17, 15) is 20.0 Å². The molecule has 0 spiro atoms. The largest absolute Gasteiger partial charge is 1.00 e. The minimum Gasteiger partial charge on any atom is -0.868 e. The number of esters is 1. The van der Waals surface area contributed by atoms with Gasteiger partial charge in [0.05, 0.1) is 24.2 Å². The number of rotatable bonds is 5. The van der Waals surface area contributed by atoms with Crippen LogP contribution in [0.5, 0.6) is 5.88 Å². The number of nitro groups is 1. The molecule has 0 aliphatic heterocycles. The minimum absolute atomic E-state index is 0. The Bertz CT molecular complexity index is 532. The van der Waals surface area contributed by atoms with Crippen molar-refractivity contribution in [1.29, 1.82) is 0 Å². The van der Waals surface area contributed by atoms with Crippen LogP contribution in [0.2, 0.25) is 0 Å². The van der Waals surface area contributed by atoms with Crippen molar-refractivity contribution in [3.8, 4) is 5.88 Å². The molecule has 0 aliphatic rings. The zero-order chi connectivity index (χ0) is 14.4. The van der Waals surface area contributed by atoms with Crippen LogP contribution in [-0.2, 0) is 9.53 Å². The summed E-state index contributed by atoms with van der Waals surface area (Å²) in [7, 11) is 1.32. The van der Waals surface area contributed by atoms with E-state index in [0.717, 1.165) is 12.3 Å². The number of carbonyl (C=O) groups excluding carboxylic acids is 1. The smallest absolute Gasteiger partial charge is 0.868 e. The monoisotopic (exact) mass is 306 g/mol. The van der Waals surface area contributed by atoms with Gasteiger partial charge in [-0.2, -0.15) is 0 Å². The van der Waals surface area contributed by atoms with E-state index in [4.69, 9.17) is 4.74 Å². The quantitative estimate of drug-likeness (QED) is 0.145. The number of hydrogen-bond acceptors (Lipinski definition) is 7. The molecular formula is C11H11KN2O6. The average Bonchev–Trinajstić information content (AvgIpc) is 2.38. The Hall–Kier alpha value is -1.00. The zero-order valence-corrected chi connectivity index (χ0v) is 14.4. The number of methoxy groups -OCH3 is 1. The van der Waals surface area contributed by atoms with Crippen LogP contribution in [-0.4, -0.2) is 29.6 Å². The summed E-state index contributed by atoms with van der Waals surface area (Å²) >= 11 is 0. The van der Waals surface area contributed by atoms with Gasteiger partial charge in [0.2, 0.25) is 5.88 Å². The second-order valence-corrected chi connectivity index (χ2v) is 3.27. The van der Waals surface area contributed by atoms with E-state index in [1.165, 1.54) is 13.2 Å². The van der Waals surface area contributed by atoms with Crippen molar-refractivity contribution in [2.75, 3.05) is 13.7 Å². The van der Waals surface area contributed by atoms with Crippen molar-refractivity contribution in [1.82, 2.24) is 4.98 Å². The van der Waals surface area contributed by atoms with Crippen molar-refractivity contribution in [3.63, 3.8) is 0 Å². The van der Waals surface area contributed by atoms with E-state index < -0.39 is 22.3 Å². The van der Waals surface area contributed by atoms with Crippen LogP contribution in [0.25, 0.3) is 6.08 Å². The minimum atomic E-state index is -1.08. The summed E-state index contributed by atoms with van der Waals surface area (Å²) in [6.45, 7) is 1.59. The van der Waals surface area contributed by atoms with Gasteiger partial charge in [0, 0.05) is 6.07 Å². The van der Waals surface area contributed by atoms with Crippen molar-refractivity contribution in [2.45, 2.75) is 6.92 Å². The fourth-order valence-corrected chi connectivity index (χ4v) is 1.23. The molecule has 0 aromatic carbocycles. The molecule has 0 fully saturated rings. The molecular weight excluding hydrogens is 295 g/mol. The van der Waals surface area contributed by atoms with Crippen LogP contribution in [0, 0.1) is 10.1 Å². The molecule has 1 heterocycles. The molecule has 0 saturated carbocycles. The van der Waals surface area contributed by atoms with E-state index in [2.05, 4.69) is 9.72 Å². The zero-order valence-electron chi connectivity index (χ0n) is 11.3. The third-order valence-electron chi connectivity index (χ3n) is 2.06. The summed E-state index contributed by atoms with van der Waals surface area (Å²) in [5.41, 5.74) is -0.478. The summed E-state index contributed by atoms with van der Waals surface area (Å²) in [5.74, 6) is -1.97. The standard InChI is InChI=1S/C11H12N2O6.K/c1-3-19-11(15)9(14)4-7-5-10(18-2)12-6-8(7)13(16)17;/h4-6,14H,3H2,1-2H3;/q;+1/p-1/b9-4-;. The Morgan fingerprint density at radius 2 is 2.20 bits per heavy atom. The summed E-state index contributed by atoms with van der Waals surface area (Å²) < 4.78 is 9.29. The summed E-state index contributed by atoms with van der Waals surface area (Å²) in [5, 5.41) is 22.2. The maximum absolute atomic E-state index is 11.5. The summed E-state index contributed by atoms with van der Waals surface area (Å²) in [4.78, 5) is 24.9. The second-order valence-electron chi connectivity index (χ2n) is 3.27. The van der Waals surface area contributed by atoms with Crippen LogP contribution < -0.4 is 61.2 Å². The predicted octanol–water partition coefficient (Wildman–Crippen LogP) is -2.73. The van der Waals surface area contributed by atoms with Crippen molar-refractivity contribution < 1.29 is 75.7 Å². The molecule has 0 N–H and O–H groups in total. The van der Waals surface area contributed by atoms with Gasteiger partial charge < -0.3 is 14.6 Å². The Morgan fingerprint density at radius 3 is 2.70 bits per heavy atom. The molecule has 0 saturated heterocycles. The molecule has 20 heavy (non-hydrogen) atoms. The number of nitrogens with zero attached hydrogens (tertiary/aromatic N) is 2. The molecule has 0 amide bonds. The predicted molar refractivity (Wildman–Crippen MR) is 62.1 cm³/mol. The Kier molecular flexibility index (Phi) is 8.58. The number of hydrogen-bond donors (Lipinski definition) is 0. The molecule has 1 rings (SSSR count). The molecule has 0 atom stereocenters. The normalized spacial score (nSPS) is 10.4. The van der Waals surface area contributed by atoms with E-state index in [1.54, 1.807) is 6.92 Å². The third-order valence-corrected chi connectivity index (χ3v) is 2.06. The van der Waals surface area contributed by atoms with Gasteiger partial charge in [0.1, 0.15) is 6.20 Å². The van der Waals surface area contributed by atoms with Gasteiger partial charge in [-0.1, -0.05) is 0 Å². The first kappa shape index (κ1) is 19.0. The van der Waals surface area contributed by atoms with Gasteiger partial charge in [0.25, 0.3) is 5.69 Å². The van der Waals surface area contributed by atoms with E-state index in [-0.39, 0.29) is 69.4 Å². The Morgan fingerprint density at radius 1 is 1.55 bits per heavy atom. The second kappa shape index (κ2) is 9.03. The molecule has 9 heteroatoms. The first-order valence-corrected chi connectivity index (χ1v) is 5.23. The van der Waals surface area contributed by atoms with Crippen molar-refractivity contribution in [3.05, 3.63) is 33.7 Å². The van der Waals surface area contributed by atoms with E-state index in [1.807, 2.05) is 0 Å². The van der Waals surface area contributed by atoms with Crippen LogP contribution in [0.3, 0.4) is 0 Å². The molecule has 0 radical (unpaired) electrons. The molecule has 1 aromatic heterocycles. The molecule has 0 aliphatic carbocycles. The molecule has 1 aromatic rings. The van der Waals surface area contributed by atoms with Crippen molar-refractivity contribution in [2.24, 2.45) is 0 Å². The van der Waals surface area contributed by atoms with Gasteiger partial charge in [-0.15, -0.1) is 0 Å². The van der Waals surface area contributed by atoms with Gasteiger partial charge in [0.15, 0.2) is 0 Å². The SMILES string of the molecule is CCOC(=O)/C([O-])=C/c1cc(OC)ncc1[N+](=O)[O-].[K+]. The number of carbonyl (C=O) groups is 1. The fourth-order valence-electron chi connectivity index (χ4n) is 1.23. The van der Waals surface area contributed by atoms with Crippen LogP contribution in [0.4, 0.5) is 5.69 Å². The van der Waals surface area contributed by atoms with Crippen molar-refractivity contribution >= 4 is 17.7 Å². The van der Waals surface area contributed by atoms with E-state index >= 15 is 0 Å². The molecule has 102 valence electrons. The van der Waals surface area contributed by atoms with Crippen LogP contribution >= 0.6 is 0 Å². The molecule has 0 unspecified atom stereocenters. The molecule has 8 nitrogen and oxygen atoms in total. The van der Waals surface area contributed by atoms with Crippen LogP contribution in [0.1, 0.15) is 12.5 Å². The third kappa shape index (κ3) is 5.17. The topological polar surface area (TPSA) is 115 Å². The van der Waals surface area contributed by atoms with Gasteiger partial charge in [-0.25, -0.2) is 9.78 Å². The van der Waals surface area contributed by atoms with Gasteiger partial charge >= 0.3 is 57.4 Å². The van der Waals surface area contributed by atoms with Gasteiger partial charge in [-0.05, 0) is 18.8 Å². The molecule has 0 bridgehead atoms. The summed E-state index contributed by atoms with van der Waals surface area (Å²) in [6.07, 6.45) is 1.77. The maximum Gasteiger partial charge on any atom is 1.00 e. The Labute approximate surface area is 157 Å². The van der Waals surface area contributed by atoms with Gasteiger partial charge in [-0.3, -0.25) is 10.1 Å². The number of aromatic nitrogens is 1. The number of pyridine rings is 1. The average molecular weight is 306 g/mol.